The first-order chi connectivity index (χ1) is 16.6. The molecular formula is C26H18N2O3S3. The van der Waals surface area contributed by atoms with Crippen molar-refractivity contribution in [2.75, 3.05) is 7.11 Å². The van der Waals surface area contributed by atoms with Gasteiger partial charge in [-0.15, -0.1) is 11.3 Å². The van der Waals surface area contributed by atoms with Crippen molar-refractivity contribution in [3.63, 3.8) is 0 Å². The van der Waals surface area contributed by atoms with Gasteiger partial charge in [0.2, 0.25) is 4.21 Å². The van der Waals surface area contributed by atoms with E-state index in [-0.39, 0.29) is 12.4 Å². The average Bonchev–Trinajstić information content (AvgIpc) is 3.60. The first-order valence-electron chi connectivity index (χ1n) is 10.4. The van der Waals surface area contributed by atoms with Gasteiger partial charge in [0.1, 0.15) is 28.0 Å². The summed E-state index contributed by atoms with van der Waals surface area (Å²) in [5, 5.41) is 12.6. The molecule has 5 aromatic rings. The normalized spacial score (nSPS) is 11.9. The first-order valence-corrected chi connectivity index (χ1v) is 13.2. The maximum atomic E-state index is 14.1. The van der Waals surface area contributed by atoms with Crippen molar-refractivity contribution in [3.05, 3.63) is 87.9 Å². The first kappa shape index (κ1) is 22.4. The Labute approximate surface area is 207 Å². The van der Waals surface area contributed by atoms with Crippen LogP contribution in [0.5, 0.6) is 0 Å². The average molecular weight is 503 g/mol. The third kappa shape index (κ3) is 3.93. The Kier molecular flexibility index (Phi) is 6.26. The van der Waals surface area contributed by atoms with Crippen molar-refractivity contribution >= 4 is 50.9 Å². The van der Waals surface area contributed by atoms with Gasteiger partial charge in [-0.3, -0.25) is 4.79 Å². The van der Waals surface area contributed by atoms with Crippen molar-refractivity contribution in [1.29, 1.82) is 5.26 Å². The maximum Gasteiger partial charge on any atom is 0.310 e. The molecule has 3 aromatic heterocycles. The van der Waals surface area contributed by atoms with E-state index in [4.69, 9.17) is 4.74 Å². The van der Waals surface area contributed by atoms with E-state index < -0.39 is 11.4 Å². The molecule has 168 valence electrons. The minimum atomic E-state index is -1.58. The van der Waals surface area contributed by atoms with Crippen molar-refractivity contribution in [1.82, 2.24) is 3.97 Å². The summed E-state index contributed by atoms with van der Waals surface area (Å²) < 4.78 is 21.3. The van der Waals surface area contributed by atoms with Crippen LogP contribution in [0.1, 0.15) is 9.75 Å². The Morgan fingerprint density at radius 1 is 1.09 bits per heavy atom. The van der Waals surface area contributed by atoms with Gasteiger partial charge in [-0.1, -0.05) is 59.9 Å². The highest BCUT2D eigenvalue weighted by Gasteiger charge is 2.30. The van der Waals surface area contributed by atoms with Crippen LogP contribution in [0.15, 0.2) is 82.4 Å². The van der Waals surface area contributed by atoms with Gasteiger partial charge in [0.15, 0.2) is 0 Å². The highest BCUT2D eigenvalue weighted by Crippen LogP contribution is 2.45. The maximum absolute atomic E-state index is 14.1. The number of rotatable bonds is 6. The number of carbonyl (C=O) groups is 1. The van der Waals surface area contributed by atoms with Crippen LogP contribution in [0, 0.1) is 11.3 Å². The van der Waals surface area contributed by atoms with Crippen LogP contribution in [-0.4, -0.2) is 21.6 Å². The van der Waals surface area contributed by atoms with E-state index in [9.17, 15) is 14.6 Å². The zero-order valence-electron chi connectivity index (χ0n) is 18.1. The highest BCUT2D eigenvalue weighted by molar-refractivity contribution is 7.92. The molecule has 0 amide bonds. The third-order valence-electron chi connectivity index (χ3n) is 5.44. The van der Waals surface area contributed by atoms with Crippen LogP contribution < -0.4 is 0 Å². The standard InChI is InChI=1S/C26H18N2O3S3/c1-31-23(29)15-18-11-12-24(33-18)34(30)28-21-10-6-5-9-19(21)25(20-13-14-32-22(20)16-27)26(28)17-7-3-2-4-8-17/h2-14H,15H2,1H3. The molecule has 0 saturated carbocycles. The van der Waals surface area contributed by atoms with Crippen molar-refractivity contribution < 1.29 is 14.1 Å². The largest absolute Gasteiger partial charge is 0.587 e. The Balaban J connectivity index is 1.77. The Hall–Kier alpha value is -3.35. The lowest BCUT2D eigenvalue weighted by Gasteiger charge is -2.14. The lowest BCUT2D eigenvalue weighted by molar-refractivity contribution is -0.139. The quantitative estimate of drug-likeness (QED) is 0.203. The van der Waals surface area contributed by atoms with Crippen molar-refractivity contribution in [3.8, 4) is 28.5 Å². The van der Waals surface area contributed by atoms with E-state index in [0.717, 1.165) is 38.2 Å². The highest BCUT2D eigenvalue weighted by atomic mass is 32.2. The number of hydrogen-bond donors (Lipinski definition) is 0. The topological polar surface area (TPSA) is 78.1 Å². The summed E-state index contributed by atoms with van der Waals surface area (Å²) in [4.78, 5) is 13.1. The van der Waals surface area contributed by atoms with E-state index in [1.165, 1.54) is 29.8 Å². The molecule has 0 aliphatic rings. The Morgan fingerprint density at radius 2 is 1.85 bits per heavy atom. The number of esters is 1. The summed E-state index contributed by atoms with van der Waals surface area (Å²) in [6.45, 7) is 0. The second-order valence-electron chi connectivity index (χ2n) is 7.40. The van der Waals surface area contributed by atoms with Crippen LogP contribution >= 0.6 is 22.7 Å². The van der Waals surface area contributed by atoms with Gasteiger partial charge in [0.25, 0.3) is 0 Å². The molecule has 0 saturated heterocycles. The van der Waals surface area contributed by atoms with Crippen molar-refractivity contribution in [2.24, 2.45) is 0 Å². The van der Waals surface area contributed by atoms with E-state index in [1.807, 2.05) is 76.1 Å². The molecule has 1 atom stereocenters. The number of thiophene rings is 2. The molecule has 0 radical (unpaired) electrons. The summed E-state index contributed by atoms with van der Waals surface area (Å²) in [6, 6.07) is 25.5. The third-order valence-corrected chi connectivity index (χ3v) is 9.00. The number of nitriles is 1. The second-order valence-corrected chi connectivity index (χ2v) is 11.0. The molecule has 0 fully saturated rings. The molecule has 1 unspecified atom stereocenters. The van der Waals surface area contributed by atoms with E-state index >= 15 is 0 Å². The lowest BCUT2D eigenvalue weighted by atomic mass is 9.99. The summed E-state index contributed by atoms with van der Waals surface area (Å²) in [5.41, 5.74) is 4.23. The minimum Gasteiger partial charge on any atom is -0.587 e. The molecule has 3 heterocycles. The SMILES string of the molecule is COC(=O)Cc1ccc([S+]([O-])n2c(-c3ccccc3)c(-c3ccsc3C#N)c3ccccc32)s1. The summed E-state index contributed by atoms with van der Waals surface area (Å²) in [5.74, 6) is -0.334. The number of ether oxygens (including phenoxy) is 1. The predicted molar refractivity (Wildman–Crippen MR) is 137 cm³/mol. The van der Waals surface area contributed by atoms with Crippen LogP contribution in [0.25, 0.3) is 33.3 Å². The summed E-state index contributed by atoms with van der Waals surface area (Å²) >= 11 is 1.15. The van der Waals surface area contributed by atoms with E-state index in [0.29, 0.717) is 9.09 Å². The molecule has 0 aliphatic carbocycles. The van der Waals surface area contributed by atoms with Gasteiger partial charge in [-0.25, -0.2) is 0 Å². The molecule has 2 aromatic carbocycles. The fourth-order valence-electron chi connectivity index (χ4n) is 3.96. The molecule has 5 nitrogen and oxygen atoms in total. The van der Waals surface area contributed by atoms with Gasteiger partial charge in [-0.05, 0) is 23.6 Å². The second kappa shape index (κ2) is 9.49. The molecule has 34 heavy (non-hydrogen) atoms. The van der Waals surface area contributed by atoms with E-state index in [1.54, 1.807) is 6.07 Å². The van der Waals surface area contributed by atoms with Crippen molar-refractivity contribution in [2.45, 2.75) is 10.6 Å². The fourth-order valence-corrected chi connectivity index (χ4v) is 7.26. The van der Waals surface area contributed by atoms with Crippen LogP contribution in [0.4, 0.5) is 0 Å². The van der Waals surface area contributed by atoms with Crippen LogP contribution in [0.3, 0.4) is 0 Å². The van der Waals surface area contributed by atoms with Crippen LogP contribution in [0.2, 0.25) is 0 Å². The van der Waals surface area contributed by atoms with Gasteiger partial charge >= 0.3 is 5.97 Å². The Bertz CT molecular complexity index is 1530. The number of aromatic nitrogens is 1. The number of benzene rings is 2. The number of nitrogens with zero attached hydrogens (tertiary/aromatic N) is 2. The zero-order valence-corrected chi connectivity index (χ0v) is 20.5. The molecular weight excluding hydrogens is 484 g/mol. The molecule has 0 N–H and O–H groups in total. The van der Waals surface area contributed by atoms with Gasteiger partial charge in [0.05, 0.1) is 19.0 Å². The van der Waals surface area contributed by atoms with Crippen LogP contribution in [-0.2, 0) is 27.3 Å². The molecule has 0 spiro atoms. The number of para-hydroxylation sites is 1. The molecule has 5 rings (SSSR count). The summed E-state index contributed by atoms with van der Waals surface area (Å²) in [7, 11) is 1.36. The van der Waals surface area contributed by atoms with Gasteiger partial charge in [0, 0.05) is 33.0 Å². The number of hydrogen-bond acceptors (Lipinski definition) is 6. The lowest BCUT2D eigenvalue weighted by Crippen LogP contribution is -2.13. The molecule has 8 heteroatoms. The molecule has 0 bridgehead atoms. The fraction of sp³-hybridized carbons (Fsp3) is 0.0769. The summed E-state index contributed by atoms with van der Waals surface area (Å²) in [6.07, 6.45) is 0.141. The smallest absolute Gasteiger partial charge is 0.310 e. The van der Waals surface area contributed by atoms with E-state index in [2.05, 4.69) is 6.07 Å². The number of fused-ring (bicyclic) bond motifs is 1. The number of carbonyl (C=O) groups excluding carboxylic acids is 1. The van der Waals surface area contributed by atoms with Gasteiger partial charge < -0.3 is 9.29 Å². The monoisotopic (exact) mass is 502 g/mol. The van der Waals surface area contributed by atoms with Gasteiger partial charge in [-0.2, -0.15) is 9.23 Å². The molecule has 0 aliphatic heterocycles. The number of methoxy groups -OCH3 is 1. The Morgan fingerprint density at radius 3 is 2.62 bits per heavy atom. The minimum absolute atomic E-state index is 0.141. The predicted octanol–water partition coefficient (Wildman–Crippen LogP) is 6.26. The zero-order chi connectivity index (χ0) is 23.7.